The van der Waals surface area contributed by atoms with Crippen LogP contribution >= 0.6 is 0 Å². The van der Waals surface area contributed by atoms with Crippen LogP contribution in [0, 0.1) is 0 Å². The standard InChI is InChI=1S/C13H20N2O4/c1-3-19-12(16)5-4-8-14-9-10-6-7-11(15-10)13(17)18-2/h6-7,14-15H,3-5,8-9H2,1-2H3. The fraction of sp³-hybridized carbons (Fsp3) is 0.538. The molecule has 1 heterocycles. The summed E-state index contributed by atoms with van der Waals surface area (Å²) in [6.07, 6.45) is 1.14. The van der Waals surface area contributed by atoms with E-state index in [1.807, 2.05) is 6.07 Å². The Bertz CT molecular complexity index is 415. The summed E-state index contributed by atoms with van der Waals surface area (Å²) in [6.45, 7) is 3.54. The Morgan fingerprint density at radius 2 is 2.16 bits per heavy atom. The van der Waals surface area contributed by atoms with Gasteiger partial charge in [0.25, 0.3) is 0 Å². The molecule has 0 aromatic carbocycles. The molecule has 0 bridgehead atoms. The minimum atomic E-state index is -0.381. The van der Waals surface area contributed by atoms with E-state index in [0.717, 1.165) is 12.1 Å². The van der Waals surface area contributed by atoms with Crippen molar-refractivity contribution in [3.63, 3.8) is 0 Å². The molecule has 106 valence electrons. The lowest BCUT2D eigenvalue weighted by molar-refractivity contribution is -0.143. The fourth-order valence-corrected chi connectivity index (χ4v) is 1.59. The first kappa shape index (κ1) is 15.2. The summed E-state index contributed by atoms with van der Waals surface area (Å²) in [6, 6.07) is 3.51. The number of esters is 2. The summed E-state index contributed by atoms with van der Waals surface area (Å²) in [7, 11) is 1.34. The number of rotatable bonds is 8. The zero-order chi connectivity index (χ0) is 14.1. The first-order valence-electron chi connectivity index (χ1n) is 6.30. The number of nitrogens with one attached hydrogen (secondary N) is 2. The van der Waals surface area contributed by atoms with Gasteiger partial charge < -0.3 is 19.8 Å². The van der Waals surface area contributed by atoms with E-state index in [2.05, 4.69) is 15.0 Å². The van der Waals surface area contributed by atoms with Gasteiger partial charge in [-0.05, 0) is 32.0 Å². The number of H-pyrrole nitrogens is 1. The monoisotopic (exact) mass is 268 g/mol. The smallest absolute Gasteiger partial charge is 0.354 e. The summed E-state index contributed by atoms with van der Waals surface area (Å²) in [4.78, 5) is 25.2. The van der Waals surface area contributed by atoms with Gasteiger partial charge in [-0.2, -0.15) is 0 Å². The highest BCUT2D eigenvalue weighted by Gasteiger charge is 2.07. The number of aromatic amines is 1. The summed E-state index contributed by atoms with van der Waals surface area (Å²) >= 11 is 0. The average Bonchev–Trinajstić information content (AvgIpc) is 2.86. The topological polar surface area (TPSA) is 80.4 Å². The molecule has 0 unspecified atom stereocenters. The zero-order valence-corrected chi connectivity index (χ0v) is 11.3. The second-order valence-electron chi connectivity index (χ2n) is 3.97. The fourth-order valence-electron chi connectivity index (χ4n) is 1.59. The van der Waals surface area contributed by atoms with Crippen molar-refractivity contribution in [1.29, 1.82) is 0 Å². The largest absolute Gasteiger partial charge is 0.466 e. The number of carbonyl (C=O) groups is 2. The van der Waals surface area contributed by atoms with Crippen LogP contribution < -0.4 is 5.32 Å². The Balaban J connectivity index is 2.17. The van der Waals surface area contributed by atoms with Crippen LogP contribution in [0.25, 0.3) is 0 Å². The Morgan fingerprint density at radius 3 is 2.84 bits per heavy atom. The van der Waals surface area contributed by atoms with Crippen LogP contribution in [0.5, 0.6) is 0 Å². The Labute approximate surface area is 112 Å². The molecule has 1 aromatic rings. The lowest BCUT2D eigenvalue weighted by Crippen LogP contribution is -2.16. The van der Waals surface area contributed by atoms with Crippen molar-refractivity contribution in [3.05, 3.63) is 23.5 Å². The maximum Gasteiger partial charge on any atom is 0.354 e. The molecule has 0 amide bonds. The molecule has 1 rings (SSSR count). The number of hydrogen-bond donors (Lipinski definition) is 2. The van der Waals surface area contributed by atoms with Crippen molar-refractivity contribution in [2.24, 2.45) is 0 Å². The predicted octanol–water partition coefficient (Wildman–Crippen LogP) is 1.23. The van der Waals surface area contributed by atoms with Gasteiger partial charge in [0.05, 0.1) is 13.7 Å². The third-order valence-electron chi connectivity index (χ3n) is 2.51. The highest BCUT2D eigenvalue weighted by molar-refractivity contribution is 5.87. The molecule has 0 fully saturated rings. The molecule has 0 atom stereocenters. The minimum Gasteiger partial charge on any atom is -0.466 e. The van der Waals surface area contributed by atoms with E-state index in [0.29, 0.717) is 31.8 Å². The number of aromatic nitrogens is 1. The molecule has 6 nitrogen and oxygen atoms in total. The average molecular weight is 268 g/mol. The van der Waals surface area contributed by atoms with Crippen molar-refractivity contribution >= 4 is 11.9 Å². The molecule has 1 aromatic heterocycles. The molecule has 19 heavy (non-hydrogen) atoms. The van der Waals surface area contributed by atoms with Crippen LogP contribution in [0.4, 0.5) is 0 Å². The van der Waals surface area contributed by atoms with Gasteiger partial charge in [0.1, 0.15) is 5.69 Å². The van der Waals surface area contributed by atoms with Crippen molar-refractivity contribution in [3.8, 4) is 0 Å². The molecule has 0 saturated carbocycles. The van der Waals surface area contributed by atoms with E-state index in [-0.39, 0.29) is 11.9 Å². The molecule has 6 heteroatoms. The van der Waals surface area contributed by atoms with Crippen LogP contribution in [0.3, 0.4) is 0 Å². The molecule has 0 radical (unpaired) electrons. The van der Waals surface area contributed by atoms with Gasteiger partial charge >= 0.3 is 11.9 Å². The Hall–Kier alpha value is -1.82. The van der Waals surface area contributed by atoms with Gasteiger partial charge in [0, 0.05) is 18.7 Å². The normalized spacial score (nSPS) is 10.2. The summed E-state index contributed by atoms with van der Waals surface area (Å²) in [5.41, 5.74) is 1.34. The van der Waals surface area contributed by atoms with E-state index in [9.17, 15) is 9.59 Å². The summed E-state index contributed by atoms with van der Waals surface area (Å²) in [5.74, 6) is -0.550. The third-order valence-corrected chi connectivity index (χ3v) is 2.51. The first-order valence-corrected chi connectivity index (χ1v) is 6.30. The maximum absolute atomic E-state index is 11.2. The van der Waals surface area contributed by atoms with Crippen LogP contribution in [-0.4, -0.2) is 37.2 Å². The number of ether oxygens (including phenoxy) is 2. The van der Waals surface area contributed by atoms with Crippen LogP contribution in [0.15, 0.2) is 12.1 Å². The lowest BCUT2D eigenvalue weighted by atomic mass is 10.3. The van der Waals surface area contributed by atoms with Gasteiger partial charge in [-0.25, -0.2) is 4.79 Å². The van der Waals surface area contributed by atoms with Gasteiger partial charge in [0.2, 0.25) is 0 Å². The predicted molar refractivity (Wildman–Crippen MR) is 69.7 cm³/mol. The second-order valence-corrected chi connectivity index (χ2v) is 3.97. The quantitative estimate of drug-likeness (QED) is 0.547. The van der Waals surface area contributed by atoms with Gasteiger partial charge in [-0.1, -0.05) is 0 Å². The summed E-state index contributed by atoms with van der Waals surface area (Å²) < 4.78 is 9.42. The maximum atomic E-state index is 11.2. The lowest BCUT2D eigenvalue weighted by Gasteiger charge is -2.03. The highest BCUT2D eigenvalue weighted by atomic mass is 16.5. The van der Waals surface area contributed by atoms with Gasteiger partial charge in [-0.3, -0.25) is 4.79 Å². The van der Waals surface area contributed by atoms with E-state index in [1.165, 1.54) is 7.11 Å². The highest BCUT2D eigenvalue weighted by Crippen LogP contribution is 2.03. The molecule has 2 N–H and O–H groups in total. The van der Waals surface area contributed by atoms with Crippen LogP contribution in [0.1, 0.15) is 35.9 Å². The van der Waals surface area contributed by atoms with E-state index in [1.54, 1.807) is 13.0 Å². The van der Waals surface area contributed by atoms with Gasteiger partial charge in [-0.15, -0.1) is 0 Å². The zero-order valence-electron chi connectivity index (χ0n) is 11.3. The molecule has 0 aliphatic heterocycles. The number of carbonyl (C=O) groups excluding carboxylic acids is 2. The van der Waals surface area contributed by atoms with Crippen molar-refractivity contribution in [1.82, 2.24) is 10.3 Å². The van der Waals surface area contributed by atoms with Crippen molar-refractivity contribution in [2.75, 3.05) is 20.3 Å². The molecular formula is C13H20N2O4. The van der Waals surface area contributed by atoms with E-state index >= 15 is 0 Å². The third kappa shape index (κ3) is 5.56. The van der Waals surface area contributed by atoms with Crippen LogP contribution in [0.2, 0.25) is 0 Å². The Kier molecular flexibility index (Phi) is 6.67. The molecule has 0 aliphatic rings. The molecule has 0 aliphatic carbocycles. The van der Waals surface area contributed by atoms with E-state index < -0.39 is 0 Å². The Morgan fingerprint density at radius 1 is 1.37 bits per heavy atom. The molecule has 0 saturated heterocycles. The number of hydrogen-bond acceptors (Lipinski definition) is 5. The summed E-state index contributed by atoms with van der Waals surface area (Å²) in [5, 5.41) is 3.18. The second kappa shape index (κ2) is 8.31. The van der Waals surface area contributed by atoms with E-state index in [4.69, 9.17) is 4.74 Å². The SMILES string of the molecule is CCOC(=O)CCCNCc1ccc(C(=O)OC)[nH]1. The molecule has 0 spiro atoms. The first-order chi connectivity index (χ1) is 9.17. The van der Waals surface area contributed by atoms with Gasteiger partial charge in [0.15, 0.2) is 0 Å². The van der Waals surface area contributed by atoms with Crippen molar-refractivity contribution < 1.29 is 19.1 Å². The molecular weight excluding hydrogens is 248 g/mol. The minimum absolute atomic E-state index is 0.169. The van der Waals surface area contributed by atoms with Crippen LogP contribution in [-0.2, 0) is 20.8 Å². The number of methoxy groups -OCH3 is 1. The van der Waals surface area contributed by atoms with Crippen molar-refractivity contribution in [2.45, 2.75) is 26.3 Å².